The molecule has 5 rings (SSSR count). The van der Waals surface area contributed by atoms with E-state index in [2.05, 4.69) is 15.1 Å². The number of imidazole rings is 1. The lowest BCUT2D eigenvalue weighted by atomic mass is 10.2. The molecule has 0 fully saturated rings. The summed E-state index contributed by atoms with van der Waals surface area (Å²) in [4.78, 5) is 7.47. The third-order valence-electron chi connectivity index (χ3n) is 4.94. The van der Waals surface area contributed by atoms with Crippen LogP contribution in [0.2, 0.25) is 0 Å². The van der Waals surface area contributed by atoms with Crippen molar-refractivity contribution >= 4 is 6.21 Å². The van der Waals surface area contributed by atoms with E-state index in [0.717, 1.165) is 28.8 Å². The monoisotopic (exact) mass is 416 g/mol. The lowest BCUT2D eigenvalue weighted by Crippen LogP contribution is -2.21. The Hall–Kier alpha value is -4.00. The summed E-state index contributed by atoms with van der Waals surface area (Å²) in [5.74, 6) is -0.0170. The number of aromatic nitrogens is 2. The second-order valence-corrected chi connectivity index (χ2v) is 7.18. The minimum Gasteiger partial charge on any atom is -0.457 e. The molecule has 0 unspecified atom stereocenters. The van der Waals surface area contributed by atoms with Crippen LogP contribution in [0.25, 0.3) is 11.4 Å². The first-order valence-corrected chi connectivity index (χ1v) is 9.80. The molecule has 0 atom stereocenters. The standard InChI is InChI=1S/C24H18F2N4O/c25-20-11-5-10-19(23(20)26)24-28-21-13-27-30(15-22(21)29-24)14-16-6-4-9-18(12-16)31-17-7-2-1-3-8-17/h1-13H,14-15H2,(H,28,29). The Morgan fingerprint density at radius 2 is 1.74 bits per heavy atom. The predicted octanol–water partition coefficient (Wildman–Crippen LogP) is 5.50. The van der Waals surface area contributed by atoms with Crippen molar-refractivity contribution in [3.05, 3.63) is 101 Å². The van der Waals surface area contributed by atoms with E-state index >= 15 is 0 Å². The van der Waals surface area contributed by atoms with Gasteiger partial charge >= 0.3 is 0 Å². The Morgan fingerprint density at radius 1 is 0.935 bits per heavy atom. The molecule has 5 nitrogen and oxygen atoms in total. The largest absolute Gasteiger partial charge is 0.457 e. The molecule has 3 aromatic carbocycles. The smallest absolute Gasteiger partial charge is 0.169 e. The third-order valence-corrected chi connectivity index (χ3v) is 4.94. The van der Waals surface area contributed by atoms with Crippen LogP contribution in [-0.4, -0.2) is 21.2 Å². The van der Waals surface area contributed by atoms with Crippen LogP contribution in [0.4, 0.5) is 8.78 Å². The van der Waals surface area contributed by atoms with Gasteiger partial charge in [-0.15, -0.1) is 0 Å². The minimum absolute atomic E-state index is 0.0973. The first-order chi connectivity index (χ1) is 15.2. The lowest BCUT2D eigenvalue weighted by molar-refractivity contribution is 0.264. The molecular weight excluding hydrogens is 398 g/mol. The molecule has 154 valence electrons. The van der Waals surface area contributed by atoms with Crippen molar-refractivity contribution in [1.82, 2.24) is 15.0 Å². The van der Waals surface area contributed by atoms with E-state index in [1.165, 1.54) is 12.1 Å². The fourth-order valence-corrected chi connectivity index (χ4v) is 3.46. The number of rotatable bonds is 5. The molecule has 2 heterocycles. The number of nitrogens with one attached hydrogen (secondary N) is 1. The first kappa shape index (κ1) is 19.0. The zero-order valence-electron chi connectivity index (χ0n) is 16.4. The minimum atomic E-state index is -0.919. The molecule has 0 aliphatic carbocycles. The summed E-state index contributed by atoms with van der Waals surface area (Å²) in [7, 11) is 0. The number of H-pyrrole nitrogens is 1. The number of aromatic amines is 1. The number of ether oxygens (including phenoxy) is 1. The van der Waals surface area contributed by atoms with Crippen molar-refractivity contribution in [2.45, 2.75) is 13.1 Å². The van der Waals surface area contributed by atoms with Crippen LogP contribution in [0, 0.1) is 11.6 Å². The molecule has 1 N–H and O–H groups in total. The molecule has 31 heavy (non-hydrogen) atoms. The zero-order valence-corrected chi connectivity index (χ0v) is 16.4. The van der Waals surface area contributed by atoms with E-state index in [1.807, 2.05) is 59.6 Å². The van der Waals surface area contributed by atoms with Gasteiger partial charge in [-0.25, -0.2) is 13.8 Å². The molecule has 0 saturated heterocycles. The maximum Gasteiger partial charge on any atom is 0.169 e. The van der Waals surface area contributed by atoms with E-state index in [1.54, 1.807) is 6.21 Å². The molecule has 1 aromatic heterocycles. The molecule has 0 radical (unpaired) electrons. The van der Waals surface area contributed by atoms with Crippen molar-refractivity contribution in [1.29, 1.82) is 0 Å². The van der Waals surface area contributed by atoms with Crippen molar-refractivity contribution in [3.8, 4) is 22.9 Å². The summed E-state index contributed by atoms with van der Waals surface area (Å²) in [5, 5.41) is 6.31. The normalized spacial score (nSPS) is 12.6. The molecular formula is C24H18F2N4O. The molecule has 0 bridgehead atoms. The zero-order chi connectivity index (χ0) is 21.2. The van der Waals surface area contributed by atoms with Gasteiger partial charge in [0.25, 0.3) is 0 Å². The highest BCUT2D eigenvalue weighted by Crippen LogP contribution is 2.26. The number of para-hydroxylation sites is 1. The SMILES string of the molecule is Fc1cccc(-c2nc3c([nH]2)CN(Cc2cccc(Oc4ccccc4)c2)N=C3)c1F. The average Bonchev–Trinajstić information content (AvgIpc) is 3.20. The Kier molecular flexibility index (Phi) is 4.92. The van der Waals surface area contributed by atoms with E-state index in [0.29, 0.717) is 18.8 Å². The second kappa shape index (κ2) is 8.02. The number of hydrogen-bond donors (Lipinski definition) is 1. The van der Waals surface area contributed by atoms with Crippen LogP contribution in [0.3, 0.4) is 0 Å². The Balaban J connectivity index is 1.31. The maximum absolute atomic E-state index is 14.1. The topological polar surface area (TPSA) is 53.5 Å². The van der Waals surface area contributed by atoms with Gasteiger partial charge in [-0.1, -0.05) is 36.4 Å². The summed E-state index contributed by atoms with van der Waals surface area (Å²) in [6.45, 7) is 1.03. The van der Waals surface area contributed by atoms with Gasteiger partial charge in [-0.05, 0) is 42.0 Å². The number of fused-ring (bicyclic) bond motifs is 1. The van der Waals surface area contributed by atoms with Crippen LogP contribution in [0.15, 0.2) is 77.9 Å². The molecule has 4 aromatic rings. The number of hydrogen-bond acceptors (Lipinski definition) is 4. The van der Waals surface area contributed by atoms with E-state index in [-0.39, 0.29) is 11.4 Å². The van der Waals surface area contributed by atoms with Gasteiger partial charge in [-0.3, -0.25) is 5.01 Å². The molecule has 0 amide bonds. The second-order valence-electron chi connectivity index (χ2n) is 7.18. The van der Waals surface area contributed by atoms with Gasteiger partial charge in [0.2, 0.25) is 0 Å². The predicted molar refractivity (Wildman–Crippen MR) is 114 cm³/mol. The van der Waals surface area contributed by atoms with Crippen LogP contribution in [-0.2, 0) is 13.1 Å². The van der Waals surface area contributed by atoms with E-state index in [9.17, 15) is 8.78 Å². The van der Waals surface area contributed by atoms with Crippen LogP contribution < -0.4 is 4.74 Å². The first-order valence-electron chi connectivity index (χ1n) is 9.80. The highest BCUT2D eigenvalue weighted by molar-refractivity contribution is 5.80. The van der Waals surface area contributed by atoms with Crippen LogP contribution >= 0.6 is 0 Å². The lowest BCUT2D eigenvalue weighted by Gasteiger charge is -2.21. The Bertz CT molecular complexity index is 1250. The highest BCUT2D eigenvalue weighted by Gasteiger charge is 2.20. The molecule has 7 heteroatoms. The summed E-state index contributed by atoms with van der Waals surface area (Å²) >= 11 is 0. The van der Waals surface area contributed by atoms with E-state index in [4.69, 9.17) is 4.74 Å². The van der Waals surface area contributed by atoms with Gasteiger partial charge in [-0.2, -0.15) is 5.10 Å². The number of benzene rings is 3. The highest BCUT2D eigenvalue weighted by atomic mass is 19.2. The average molecular weight is 416 g/mol. The summed E-state index contributed by atoms with van der Waals surface area (Å²) in [6.07, 6.45) is 1.63. The van der Waals surface area contributed by atoms with Gasteiger partial charge in [0, 0.05) is 0 Å². The quantitative estimate of drug-likeness (QED) is 0.468. The Labute approximate surface area is 177 Å². The van der Waals surface area contributed by atoms with Crippen LogP contribution in [0.5, 0.6) is 11.5 Å². The van der Waals surface area contributed by atoms with Gasteiger partial charge in [0.05, 0.1) is 30.6 Å². The summed E-state index contributed by atoms with van der Waals surface area (Å²) < 4.78 is 33.6. The van der Waals surface area contributed by atoms with Crippen molar-refractivity contribution in [2.24, 2.45) is 5.10 Å². The van der Waals surface area contributed by atoms with Gasteiger partial charge in [0.1, 0.15) is 23.0 Å². The fourth-order valence-electron chi connectivity index (χ4n) is 3.46. The number of halogens is 2. The fraction of sp³-hybridized carbons (Fsp3) is 0.0833. The maximum atomic E-state index is 14.1. The van der Waals surface area contributed by atoms with Crippen LogP contribution in [0.1, 0.15) is 17.0 Å². The third kappa shape index (κ3) is 4.02. The van der Waals surface area contributed by atoms with E-state index < -0.39 is 11.6 Å². The van der Waals surface area contributed by atoms with Crippen molar-refractivity contribution < 1.29 is 13.5 Å². The summed E-state index contributed by atoms with van der Waals surface area (Å²) in [5.41, 5.74) is 2.55. The van der Waals surface area contributed by atoms with Crippen molar-refractivity contribution in [2.75, 3.05) is 0 Å². The summed E-state index contributed by atoms with van der Waals surface area (Å²) in [6, 6.07) is 21.5. The Morgan fingerprint density at radius 3 is 2.61 bits per heavy atom. The number of nitrogens with zero attached hydrogens (tertiary/aromatic N) is 3. The molecule has 1 aliphatic rings. The van der Waals surface area contributed by atoms with Gasteiger partial charge < -0.3 is 9.72 Å². The van der Waals surface area contributed by atoms with Gasteiger partial charge in [0.15, 0.2) is 11.6 Å². The molecule has 0 saturated carbocycles. The molecule has 0 spiro atoms. The number of hydrazone groups is 1. The molecule has 1 aliphatic heterocycles. The van der Waals surface area contributed by atoms with Crippen molar-refractivity contribution in [3.63, 3.8) is 0 Å².